The van der Waals surface area contributed by atoms with E-state index in [1.807, 2.05) is 24.3 Å². The molecule has 0 radical (unpaired) electrons. The van der Waals surface area contributed by atoms with Gasteiger partial charge in [0.05, 0.1) is 7.11 Å². The predicted octanol–water partition coefficient (Wildman–Crippen LogP) is 4.42. The molecule has 0 saturated heterocycles. The highest BCUT2D eigenvalue weighted by atomic mass is 35.5. The van der Waals surface area contributed by atoms with Gasteiger partial charge in [0.25, 0.3) is 5.91 Å². The van der Waals surface area contributed by atoms with Gasteiger partial charge >= 0.3 is 0 Å². The van der Waals surface area contributed by atoms with Gasteiger partial charge < -0.3 is 15.0 Å². The second-order valence-corrected chi connectivity index (χ2v) is 8.48. The smallest absolute Gasteiger partial charge is 0.251 e. The number of nitrogens with one attached hydrogen (secondary N) is 1. The monoisotopic (exact) mass is 416 g/mol. The van der Waals surface area contributed by atoms with Crippen LogP contribution in [-0.4, -0.2) is 37.4 Å². The summed E-state index contributed by atoms with van der Waals surface area (Å²) in [5.41, 5.74) is 2.63. The number of nitrogens with zero attached hydrogens (tertiary/aromatic N) is 1. The molecule has 6 heteroatoms. The van der Waals surface area contributed by atoms with Gasteiger partial charge in [-0.3, -0.25) is 9.59 Å². The Morgan fingerprint density at radius 3 is 2.34 bits per heavy atom. The first-order valence-corrected chi connectivity index (χ1v) is 9.94. The van der Waals surface area contributed by atoms with E-state index in [2.05, 4.69) is 26.1 Å². The summed E-state index contributed by atoms with van der Waals surface area (Å²) in [6.45, 7) is 7.04. The minimum Gasteiger partial charge on any atom is -0.496 e. The molecule has 0 fully saturated rings. The van der Waals surface area contributed by atoms with Crippen molar-refractivity contribution < 1.29 is 14.3 Å². The van der Waals surface area contributed by atoms with E-state index in [1.165, 1.54) is 5.56 Å². The first kappa shape index (κ1) is 22.8. The number of benzene rings is 2. The third-order valence-electron chi connectivity index (χ3n) is 4.71. The standard InChI is InChI=1S/C23H29ClN2O3/c1-23(2,3)18-8-6-16(7-9-18)22(28)25-13-12-21(27)26(4)15-17-14-19(24)10-11-20(17)29-5/h6-11,14H,12-13,15H2,1-5H3,(H,25,28). The van der Waals surface area contributed by atoms with Gasteiger partial charge in [-0.1, -0.05) is 44.5 Å². The first-order valence-electron chi connectivity index (χ1n) is 9.57. The molecule has 156 valence electrons. The molecule has 0 aliphatic rings. The molecule has 0 spiro atoms. The van der Waals surface area contributed by atoms with E-state index in [4.69, 9.17) is 16.3 Å². The Morgan fingerprint density at radius 2 is 1.76 bits per heavy atom. The molecule has 0 atom stereocenters. The maximum Gasteiger partial charge on any atom is 0.251 e. The maximum absolute atomic E-state index is 12.4. The third-order valence-corrected chi connectivity index (χ3v) is 4.95. The molecule has 0 aliphatic heterocycles. The third kappa shape index (κ3) is 6.50. The molecule has 2 amide bonds. The van der Waals surface area contributed by atoms with Crippen LogP contribution in [0.25, 0.3) is 0 Å². The van der Waals surface area contributed by atoms with Gasteiger partial charge in [0.15, 0.2) is 0 Å². The van der Waals surface area contributed by atoms with E-state index in [1.54, 1.807) is 37.3 Å². The molecule has 0 heterocycles. The van der Waals surface area contributed by atoms with Crippen molar-refractivity contribution in [3.05, 3.63) is 64.2 Å². The summed E-state index contributed by atoms with van der Waals surface area (Å²) in [7, 11) is 3.30. The van der Waals surface area contributed by atoms with Gasteiger partial charge in [-0.25, -0.2) is 0 Å². The van der Waals surface area contributed by atoms with Gasteiger partial charge in [-0.05, 0) is 41.3 Å². The van der Waals surface area contributed by atoms with Gasteiger partial charge in [0.2, 0.25) is 5.91 Å². The van der Waals surface area contributed by atoms with Crippen molar-refractivity contribution >= 4 is 23.4 Å². The summed E-state index contributed by atoms with van der Waals surface area (Å²) < 4.78 is 5.32. The molecule has 5 nitrogen and oxygen atoms in total. The average molecular weight is 417 g/mol. The lowest BCUT2D eigenvalue weighted by Crippen LogP contribution is -2.32. The number of halogens is 1. The van der Waals surface area contributed by atoms with Crippen LogP contribution in [0.2, 0.25) is 5.02 Å². The Balaban J connectivity index is 1.86. The van der Waals surface area contributed by atoms with Crippen LogP contribution in [0.5, 0.6) is 5.75 Å². The van der Waals surface area contributed by atoms with Crippen molar-refractivity contribution in [1.29, 1.82) is 0 Å². The van der Waals surface area contributed by atoms with Crippen LogP contribution in [0.3, 0.4) is 0 Å². The van der Waals surface area contributed by atoms with Crippen molar-refractivity contribution in [3.8, 4) is 5.75 Å². The van der Waals surface area contributed by atoms with Crippen LogP contribution in [-0.2, 0) is 16.8 Å². The summed E-state index contributed by atoms with van der Waals surface area (Å²) in [4.78, 5) is 26.3. The molecule has 0 saturated carbocycles. The van der Waals surface area contributed by atoms with Crippen LogP contribution < -0.4 is 10.1 Å². The topological polar surface area (TPSA) is 58.6 Å². The van der Waals surface area contributed by atoms with E-state index in [9.17, 15) is 9.59 Å². The summed E-state index contributed by atoms with van der Waals surface area (Å²) in [5, 5.41) is 3.40. The van der Waals surface area contributed by atoms with Gasteiger partial charge in [0.1, 0.15) is 5.75 Å². The number of methoxy groups -OCH3 is 1. The molecule has 0 aliphatic carbocycles. The van der Waals surface area contributed by atoms with Crippen molar-refractivity contribution in [3.63, 3.8) is 0 Å². The number of carbonyl (C=O) groups excluding carboxylic acids is 2. The quantitative estimate of drug-likeness (QED) is 0.726. The van der Waals surface area contributed by atoms with Gasteiger partial charge in [0, 0.05) is 42.7 Å². The fraction of sp³-hybridized carbons (Fsp3) is 0.391. The van der Waals surface area contributed by atoms with Crippen molar-refractivity contribution in [2.24, 2.45) is 0 Å². The molecule has 29 heavy (non-hydrogen) atoms. The maximum atomic E-state index is 12.4. The van der Waals surface area contributed by atoms with E-state index < -0.39 is 0 Å². The lowest BCUT2D eigenvalue weighted by atomic mass is 9.87. The fourth-order valence-corrected chi connectivity index (χ4v) is 3.11. The van der Waals surface area contributed by atoms with Crippen LogP contribution in [0, 0.1) is 0 Å². The summed E-state index contributed by atoms with van der Waals surface area (Å²) in [6.07, 6.45) is 0.213. The molecular formula is C23H29ClN2O3. The highest BCUT2D eigenvalue weighted by molar-refractivity contribution is 6.30. The van der Waals surface area contributed by atoms with E-state index in [-0.39, 0.29) is 30.2 Å². The van der Waals surface area contributed by atoms with Crippen molar-refractivity contribution in [2.45, 2.75) is 39.2 Å². The molecule has 0 bridgehead atoms. The van der Waals surface area contributed by atoms with E-state index >= 15 is 0 Å². The van der Waals surface area contributed by atoms with E-state index in [0.717, 1.165) is 5.56 Å². The zero-order valence-corrected chi connectivity index (χ0v) is 18.5. The van der Waals surface area contributed by atoms with Crippen LogP contribution >= 0.6 is 11.6 Å². The molecule has 0 aromatic heterocycles. The Kier molecular flexibility index (Phi) is 7.68. The normalized spacial score (nSPS) is 11.1. The second kappa shape index (κ2) is 9.79. The number of ether oxygens (including phenoxy) is 1. The molecule has 2 aromatic rings. The van der Waals surface area contributed by atoms with Crippen LogP contribution in [0.1, 0.15) is 48.7 Å². The van der Waals surface area contributed by atoms with Gasteiger partial charge in [-0.2, -0.15) is 0 Å². The first-order chi connectivity index (χ1) is 13.6. The Hall–Kier alpha value is -2.53. The highest BCUT2D eigenvalue weighted by Gasteiger charge is 2.15. The number of carbonyl (C=O) groups is 2. The summed E-state index contributed by atoms with van der Waals surface area (Å²) in [6, 6.07) is 12.9. The van der Waals surface area contributed by atoms with Crippen molar-refractivity contribution in [2.75, 3.05) is 20.7 Å². The van der Waals surface area contributed by atoms with E-state index in [0.29, 0.717) is 22.9 Å². The van der Waals surface area contributed by atoms with Crippen LogP contribution in [0.15, 0.2) is 42.5 Å². The SMILES string of the molecule is COc1ccc(Cl)cc1CN(C)C(=O)CCNC(=O)c1ccc(C(C)(C)C)cc1. The Morgan fingerprint density at radius 1 is 1.10 bits per heavy atom. The summed E-state index contributed by atoms with van der Waals surface area (Å²) in [5.74, 6) is 0.425. The van der Waals surface area contributed by atoms with Crippen molar-refractivity contribution in [1.82, 2.24) is 10.2 Å². The molecule has 0 unspecified atom stereocenters. The Labute approximate surface area is 178 Å². The zero-order chi connectivity index (χ0) is 21.6. The minimum absolute atomic E-state index is 0.0394. The van der Waals surface area contributed by atoms with Crippen LogP contribution in [0.4, 0.5) is 0 Å². The molecule has 2 rings (SSSR count). The van der Waals surface area contributed by atoms with Gasteiger partial charge in [-0.15, -0.1) is 0 Å². The second-order valence-electron chi connectivity index (χ2n) is 8.04. The largest absolute Gasteiger partial charge is 0.496 e. The molecule has 2 aromatic carbocycles. The highest BCUT2D eigenvalue weighted by Crippen LogP contribution is 2.24. The Bertz CT molecular complexity index is 857. The minimum atomic E-state index is -0.183. The average Bonchev–Trinajstić information content (AvgIpc) is 2.67. The summed E-state index contributed by atoms with van der Waals surface area (Å²) >= 11 is 6.04. The number of amides is 2. The molecule has 1 N–H and O–H groups in total. The number of hydrogen-bond acceptors (Lipinski definition) is 3. The number of hydrogen-bond donors (Lipinski definition) is 1. The number of rotatable bonds is 7. The zero-order valence-electron chi connectivity index (χ0n) is 17.7. The molecular weight excluding hydrogens is 388 g/mol. The lowest BCUT2D eigenvalue weighted by Gasteiger charge is -2.20. The fourth-order valence-electron chi connectivity index (χ4n) is 2.91. The lowest BCUT2D eigenvalue weighted by molar-refractivity contribution is -0.130. The predicted molar refractivity (Wildman–Crippen MR) is 117 cm³/mol.